The lowest BCUT2D eigenvalue weighted by Crippen LogP contribution is -2.12. The molecule has 38 valence electrons. The Morgan fingerprint density at radius 3 is 2.17 bits per heavy atom. The summed E-state index contributed by atoms with van der Waals surface area (Å²) in [7, 11) is 2.33. The van der Waals surface area contributed by atoms with Gasteiger partial charge in [-0.1, -0.05) is 0 Å². The minimum atomic E-state index is -0.546. The molecule has 3 heteroatoms. The van der Waals surface area contributed by atoms with E-state index in [1.807, 2.05) is 0 Å². The van der Waals surface area contributed by atoms with Crippen LogP contribution < -0.4 is 0 Å². The zero-order chi connectivity index (χ0) is 4.99. The van der Waals surface area contributed by atoms with Crippen molar-refractivity contribution in [3.8, 4) is 0 Å². The van der Waals surface area contributed by atoms with Crippen LogP contribution in [0.2, 0.25) is 0 Å². The summed E-state index contributed by atoms with van der Waals surface area (Å²) in [5.74, 6) is 0. The van der Waals surface area contributed by atoms with Gasteiger partial charge in [-0.15, -0.1) is 9.24 Å². The fourth-order valence-corrected chi connectivity index (χ4v) is 0.224. The first-order chi connectivity index (χ1) is 2.81. The van der Waals surface area contributed by atoms with Crippen LogP contribution in [-0.2, 0) is 0 Å². The van der Waals surface area contributed by atoms with E-state index in [0.29, 0.717) is 6.16 Å². The van der Waals surface area contributed by atoms with E-state index in [4.69, 9.17) is 10.2 Å². The summed E-state index contributed by atoms with van der Waals surface area (Å²) in [6.45, 7) is -0.135. The molecule has 2 nitrogen and oxygen atoms in total. The molecule has 0 bridgehead atoms. The normalized spacial score (nSPS) is 14.5. The van der Waals surface area contributed by atoms with Gasteiger partial charge < -0.3 is 10.2 Å². The molecule has 0 aliphatic carbocycles. The average Bonchev–Trinajstić information content (AvgIpc) is 1.65. The molecule has 0 saturated carbocycles. The van der Waals surface area contributed by atoms with Crippen LogP contribution in [-0.4, -0.2) is 29.1 Å². The molecule has 0 aliphatic rings. The van der Waals surface area contributed by atoms with Crippen LogP contribution in [0.1, 0.15) is 0 Å². The highest BCUT2D eigenvalue weighted by molar-refractivity contribution is 7.16. The molecule has 0 aromatic heterocycles. The van der Waals surface area contributed by atoms with E-state index in [0.717, 1.165) is 0 Å². The van der Waals surface area contributed by atoms with Crippen LogP contribution in [0.3, 0.4) is 0 Å². The van der Waals surface area contributed by atoms with Crippen molar-refractivity contribution in [2.24, 2.45) is 0 Å². The molecule has 0 saturated heterocycles. The molecule has 0 heterocycles. The Morgan fingerprint density at radius 2 is 2.17 bits per heavy atom. The van der Waals surface area contributed by atoms with Gasteiger partial charge in [0, 0.05) is 0 Å². The molecule has 0 aliphatic heterocycles. The summed E-state index contributed by atoms with van der Waals surface area (Å²) in [5, 5.41) is 16.5. The molecule has 2 N–H and O–H groups in total. The Labute approximate surface area is 39.4 Å². The molecule has 0 aromatic carbocycles. The molecular formula is C3H9O2P. The van der Waals surface area contributed by atoms with E-state index in [-0.39, 0.29) is 6.61 Å². The van der Waals surface area contributed by atoms with Gasteiger partial charge in [-0.2, -0.15) is 0 Å². The number of hydrogen-bond acceptors (Lipinski definition) is 2. The third-order valence-corrected chi connectivity index (χ3v) is 1.03. The standard InChI is InChI=1S/C3H9O2P/c4-1-3(5)2-6/h3-5H,1-2,6H2. The van der Waals surface area contributed by atoms with Gasteiger partial charge >= 0.3 is 0 Å². The number of aliphatic hydroxyl groups is 2. The van der Waals surface area contributed by atoms with E-state index in [2.05, 4.69) is 9.24 Å². The monoisotopic (exact) mass is 108 g/mol. The molecule has 0 spiro atoms. The maximum absolute atomic E-state index is 8.40. The smallest absolute Gasteiger partial charge is 0.0805 e. The van der Waals surface area contributed by atoms with E-state index < -0.39 is 6.10 Å². The van der Waals surface area contributed by atoms with Gasteiger partial charge in [0.15, 0.2) is 0 Å². The molecule has 0 fully saturated rings. The zero-order valence-corrected chi connectivity index (χ0v) is 4.62. The van der Waals surface area contributed by atoms with Gasteiger partial charge in [0.05, 0.1) is 12.7 Å². The maximum atomic E-state index is 8.40. The predicted molar refractivity (Wildman–Crippen MR) is 27.7 cm³/mol. The molecule has 0 amide bonds. The number of rotatable bonds is 2. The minimum Gasteiger partial charge on any atom is -0.394 e. The van der Waals surface area contributed by atoms with Crippen molar-refractivity contribution >= 4 is 9.24 Å². The Morgan fingerprint density at radius 1 is 1.67 bits per heavy atom. The van der Waals surface area contributed by atoms with Crippen molar-refractivity contribution in [3.05, 3.63) is 0 Å². The Bertz CT molecular complexity index is 28.0. The molecule has 6 heavy (non-hydrogen) atoms. The molecule has 0 radical (unpaired) electrons. The highest BCUT2D eigenvalue weighted by Gasteiger charge is 1.92. The predicted octanol–water partition coefficient (Wildman–Crippen LogP) is -0.785. The SMILES string of the molecule is OCC(O)CP. The molecule has 2 atom stereocenters. The van der Waals surface area contributed by atoms with Crippen molar-refractivity contribution in [3.63, 3.8) is 0 Å². The highest BCUT2D eigenvalue weighted by atomic mass is 31.0. The van der Waals surface area contributed by atoms with Gasteiger partial charge in [-0.3, -0.25) is 0 Å². The highest BCUT2D eigenvalue weighted by Crippen LogP contribution is 1.85. The summed E-state index contributed by atoms with van der Waals surface area (Å²) < 4.78 is 0. The van der Waals surface area contributed by atoms with Crippen LogP contribution >= 0.6 is 9.24 Å². The molecular weight excluding hydrogens is 99.0 g/mol. The van der Waals surface area contributed by atoms with Crippen molar-refractivity contribution in [2.45, 2.75) is 6.10 Å². The summed E-state index contributed by atoms with van der Waals surface area (Å²) in [6, 6.07) is 0. The van der Waals surface area contributed by atoms with E-state index in [1.54, 1.807) is 0 Å². The third kappa shape index (κ3) is 2.58. The second-order valence-electron chi connectivity index (χ2n) is 1.07. The van der Waals surface area contributed by atoms with Crippen LogP contribution in [0.4, 0.5) is 0 Å². The first-order valence-electron chi connectivity index (χ1n) is 1.80. The zero-order valence-electron chi connectivity index (χ0n) is 3.46. The molecule has 0 rings (SSSR count). The number of hydrogen-bond donors (Lipinski definition) is 2. The van der Waals surface area contributed by atoms with Crippen LogP contribution in [0.15, 0.2) is 0 Å². The third-order valence-electron chi connectivity index (χ3n) is 0.483. The minimum absolute atomic E-state index is 0.135. The first kappa shape index (κ1) is 6.35. The van der Waals surface area contributed by atoms with Crippen LogP contribution in [0.5, 0.6) is 0 Å². The van der Waals surface area contributed by atoms with Gasteiger partial charge in [0.25, 0.3) is 0 Å². The largest absolute Gasteiger partial charge is 0.394 e. The average molecular weight is 108 g/mol. The van der Waals surface area contributed by atoms with Gasteiger partial charge in [-0.25, -0.2) is 0 Å². The van der Waals surface area contributed by atoms with Crippen LogP contribution in [0.25, 0.3) is 0 Å². The first-order valence-corrected chi connectivity index (χ1v) is 2.62. The van der Waals surface area contributed by atoms with Crippen LogP contribution in [0, 0.1) is 0 Å². The van der Waals surface area contributed by atoms with Crippen molar-refractivity contribution < 1.29 is 10.2 Å². The fourth-order valence-electron chi connectivity index (χ4n) is 0.0745. The second-order valence-corrected chi connectivity index (χ2v) is 1.54. The Hall–Kier alpha value is 0.350. The Balaban J connectivity index is 2.75. The van der Waals surface area contributed by atoms with E-state index >= 15 is 0 Å². The van der Waals surface area contributed by atoms with Gasteiger partial charge in [0.2, 0.25) is 0 Å². The van der Waals surface area contributed by atoms with E-state index in [9.17, 15) is 0 Å². The number of aliphatic hydroxyl groups excluding tert-OH is 2. The Kier molecular flexibility index (Phi) is 3.74. The second kappa shape index (κ2) is 3.54. The van der Waals surface area contributed by atoms with Crippen molar-refractivity contribution in [1.29, 1.82) is 0 Å². The lowest BCUT2D eigenvalue weighted by Gasteiger charge is -1.97. The van der Waals surface area contributed by atoms with Crippen molar-refractivity contribution in [2.75, 3.05) is 12.8 Å². The topological polar surface area (TPSA) is 40.5 Å². The fraction of sp³-hybridized carbons (Fsp3) is 1.00. The summed E-state index contributed by atoms with van der Waals surface area (Å²) in [4.78, 5) is 0. The quantitative estimate of drug-likeness (QED) is 0.455. The lowest BCUT2D eigenvalue weighted by atomic mass is 10.4. The molecule has 2 unspecified atom stereocenters. The lowest BCUT2D eigenvalue weighted by molar-refractivity contribution is 0.113. The van der Waals surface area contributed by atoms with Gasteiger partial charge in [-0.05, 0) is 6.16 Å². The summed E-state index contributed by atoms with van der Waals surface area (Å²) >= 11 is 0. The van der Waals surface area contributed by atoms with E-state index in [1.165, 1.54) is 0 Å². The van der Waals surface area contributed by atoms with Gasteiger partial charge in [0.1, 0.15) is 0 Å². The van der Waals surface area contributed by atoms with Crippen molar-refractivity contribution in [1.82, 2.24) is 0 Å². The summed E-state index contributed by atoms with van der Waals surface area (Å²) in [5.41, 5.74) is 0. The molecule has 0 aromatic rings. The maximum Gasteiger partial charge on any atom is 0.0805 e. The summed E-state index contributed by atoms with van der Waals surface area (Å²) in [6.07, 6.45) is 0.00579.